The Morgan fingerprint density at radius 1 is 1.10 bits per heavy atom. The summed E-state index contributed by atoms with van der Waals surface area (Å²) in [6.45, 7) is 3.41. The molecule has 0 heterocycles. The third-order valence-corrected chi connectivity index (χ3v) is 4.11. The number of carbonyl (C=O) groups is 1. The molecule has 0 saturated carbocycles. The van der Waals surface area contributed by atoms with Gasteiger partial charge >= 0.3 is 5.97 Å². The molecule has 0 aliphatic heterocycles. The summed E-state index contributed by atoms with van der Waals surface area (Å²) in [5, 5.41) is 19.3. The number of halogens is 2. The number of hydrogen-bond donors (Lipinski definition) is 2. The zero-order valence-electron chi connectivity index (χ0n) is 16.2. The van der Waals surface area contributed by atoms with E-state index in [2.05, 4.69) is 0 Å². The van der Waals surface area contributed by atoms with E-state index < -0.39 is 24.0 Å². The third kappa shape index (κ3) is 7.89. The molecule has 0 spiro atoms. The van der Waals surface area contributed by atoms with Gasteiger partial charge in [-0.2, -0.15) is 0 Å². The molecule has 0 aromatic heterocycles. The minimum Gasteiger partial charge on any atom is -0.491 e. The second-order valence-corrected chi connectivity index (χ2v) is 7.12. The van der Waals surface area contributed by atoms with Crippen LogP contribution in [0.2, 0.25) is 5.02 Å². The molecule has 0 fully saturated rings. The fraction of sp³-hybridized carbons (Fsp3) is 0.381. The van der Waals surface area contributed by atoms with Crippen LogP contribution in [0.15, 0.2) is 42.5 Å². The van der Waals surface area contributed by atoms with E-state index in [1.807, 2.05) is 0 Å². The smallest absolute Gasteiger partial charge is 0.333 e. The van der Waals surface area contributed by atoms with Gasteiger partial charge in [0.25, 0.3) is 0 Å². The number of ether oxygens (including phenoxy) is 3. The molecule has 0 radical (unpaired) electrons. The zero-order valence-corrected chi connectivity index (χ0v) is 16.9. The topological polar surface area (TPSA) is 85.2 Å². The van der Waals surface area contributed by atoms with Crippen molar-refractivity contribution >= 4 is 17.6 Å². The van der Waals surface area contributed by atoms with Gasteiger partial charge in [-0.15, -0.1) is 0 Å². The van der Waals surface area contributed by atoms with E-state index in [-0.39, 0.29) is 36.5 Å². The van der Waals surface area contributed by atoms with Gasteiger partial charge in [0.05, 0.1) is 11.1 Å². The van der Waals surface area contributed by atoms with Crippen molar-refractivity contribution in [2.45, 2.75) is 38.6 Å². The summed E-state index contributed by atoms with van der Waals surface area (Å²) in [7, 11) is 0. The highest BCUT2D eigenvalue weighted by atomic mass is 35.5. The van der Waals surface area contributed by atoms with Crippen molar-refractivity contribution in [3.8, 4) is 11.5 Å². The highest BCUT2D eigenvalue weighted by Gasteiger charge is 2.20. The third-order valence-electron chi connectivity index (χ3n) is 3.81. The molecule has 2 atom stereocenters. The van der Waals surface area contributed by atoms with Gasteiger partial charge < -0.3 is 24.4 Å². The Bertz CT molecular complexity index is 814. The lowest BCUT2D eigenvalue weighted by Gasteiger charge is -2.17. The van der Waals surface area contributed by atoms with E-state index in [9.17, 15) is 19.4 Å². The molecule has 0 aliphatic rings. The summed E-state index contributed by atoms with van der Waals surface area (Å²) in [5.74, 6) is -0.908. The van der Waals surface area contributed by atoms with Gasteiger partial charge in [0.15, 0.2) is 6.10 Å². The van der Waals surface area contributed by atoms with Crippen LogP contribution < -0.4 is 9.47 Å². The Morgan fingerprint density at radius 3 is 2.34 bits per heavy atom. The van der Waals surface area contributed by atoms with E-state index in [0.29, 0.717) is 5.75 Å². The van der Waals surface area contributed by atoms with Crippen LogP contribution in [0.3, 0.4) is 0 Å². The maximum Gasteiger partial charge on any atom is 0.333 e. The van der Waals surface area contributed by atoms with Gasteiger partial charge in [0, 0.05) is 12.5 Å². The van der Waals surface area contributed by atoms with E-state index in [0.717, 1.165) is 11.6 Å². The first kappa shape index (κ1) is 22.9. The van der Waals surface area contributed by atoms with Crippen molar-refractivity contribution in [2.75, 3.05) is 13.2 Å². The van der Waals surface area contributed by atoms with Crippen molar-refractivity contribution in [2.24, 2.45) is 0 Å². The lowest BCUT2D eigenvalue weighted by Crippen LogP contribution is -2.29. The Hall–Kier alpha value is -2.35. The van der Waals surface area contributed by atoms with Crippen LogP contribution in [-0.4, -0.2) is 47.7 Å². The van der Waals surface area contributed by atoms with Crippen LogP contribution in [-0.2, 0) is 16.0 Å². The number of aliphatic carboxylic acids is 1. The molecule has 2 N–H and O–H groups in total. The number of aliphatic hydroxyl groups excluding tert-OH is 1. The minimum atomic E-state index is -1.03. The minimum absolute atomic E-state index is 0.00922. The monoisotopic (exact) mass is 426 g/mol. The normalized spacial score (nSPS) is 13.2. The van der Waals surface area contributed by atoms with Crippen molar-refractivity contribution in [1.82, 2.24) is 0 Å². The van der Waals surface area contributed by atoms with Crippen molar-refractivity contribution in [1.29, 1.82) is 0 Å². The lowest BCUT2D eigenvalue weighted by molar-refractivity contribution is -0.153. The fourth-order valence-electron chi connectivity index (χ4n) is 2.50. The number of benzene rings is 2. The van der Waals surface area contributed by atoms with E-state index in [4.69, 9.17) is 25.8 Å². The molecule has 2 aromatic rings. The summed E-state index contributed by atoms with van der Waals surface area (Å²) in [4.78, 5) is 11.3. The van der Waals surface area contributed by atoms with Crippen LogP contribution >= 0.6 is 11.6 Å². The molecule has 0 unspecified atom stereocenters. The van der Waals surface area contributed by atoms with E-state index >= 15 is 0 Å². The SMILES string of the molecule is CC(C)O[C@@H](Cc1cccc(OC[C@H](O)COc2ccc(Cl)c(F)c2)c1)C(=O)O. The van der Waals surface area contributed by atoms with Crippen LogP contribution in [0, 0.1) is 5.82 Å². The molecular formula is C21H24ClFO6. The number of carboxylic acid groups (broad SMARTS) is 1. The molecule has 0 saturated heterocycles. The predicted octanol–water partition coefficient (Wildman–Crippen LogP) is 3.72. The Balaban J connectivity index is 1.86. The number of carboxylic acids is 1. The maximum absolute atomic E-state index is 13.4. The van der Waals surface area contributed by atoms with Crippen LogP contribution in [0.4, 0.5) is 4.39 Å². The van der Waals surface area contributed by atoms with Gasteiger partial charge in [-0.3, -0.25) is 0 Å². The van der Waals surface area contributed by atoms with Crippen LogP contribution in [0.25, 0.3) is 0 Å². The lowest BCUT2D eigenvalue weighted by atomic mass is 10.1. The van der Waals surface area contributed by atoms with Gasteiger partial charge in [0.1, 0.15) is 36.6 Å². The molecular weight excluding hydrogens is 403 g/mol. The molecule has 2 aromatic carbocycles. The fourth-order valence-corrected chi connectivity index (χ4v) is 2.62. The highest BCUT2D eigenvalue weighted by molar-refractivity contribution is 6.30. The van der Waals surface area contributed by atoms with Gasteiger partial charge in [-0.25, -0.2) is 9.18 Å². The zero-order chi connectivity index (χ0) is 21.4. The quantitative estimate of drug-likeness (QED) is 0.569. The second kappa shape index (κ2) is 11.0. The van der Waals surface area contributed by atoms with Crippen molar-refractivity contribution in [3.05, 3.63) is 58.9 Å². The Labute approximate surface area is 173 Å². The number of aliphatic hydroxyl groups is 1. The molecule has 8 heteroatoms. The summed E-state index contributed by atoms with van der Waals surface area (Å²) in [6, 6.07) is 10.9. The first-order chi connectivity index (χ1) is 13.7. The number of rotatable bonds is 11. The highest BCUT2D eigenvalue weighted by Crippen LogP contribution is 2.21. The maximum atomic E-state index is 13.4. The van der Waals surface area contributed by atoms with E-state index in [1.165, 1.54) is 12.1 Å². The van der Waals surface area contributed by atoms with Crippen LogP contribution in [0.5, 0.6) is 11.5 Å². The standard InChI is InChI=1S/C21H24ClFO6/c1-13(2)29-20(21(25)26)9-14-4-3-5-16(8-14)27-11-15(24)12-28-17-6-7-18(22)19(23)10-17/h3-8,10,13,15,20,24H,9,11-12H2,1-2H3,(H,25,26)/t15-,20-/m0/s1. The second-order valence-electron chi connectivity index (χ2n) is 6.71. The van der Waals surface area contributed by atoms with Crippen molar-refractivity contribution in [3.63, 3.8) is 0 Å². The molecule has 6 nitrogen and oxygen atoms in total. The predicted molar refractivity (Wildman–Crippen MR) is 106 cm³/mol. The van der Waals surface area contributed by atoms with Crippen molar-refractivity contribution < 1.29 is 33.6 Å². The summed E-state index contributed by atoms with van der Waals surface area (Å²) in [5.41, 5.74) is 0.734. The first-order valence-electron chi connectivity index (χ1n) is 9.10. The average Bonchev–Trinajstić information content (AvgIpc) is 2.66. The Kier molecular flexibility index (Phi) is 8.70. The van der Waals surface area contributed by atoms with Gasteiger partial charge in [-0.1, -0.05) is 23.7 Å². The Morgan fingerprint density at radius 2 is 1.76 bits per heavy atom. The molecule has 0 bridgehead atoms. The summed E-state index contributed by atoms with van der Waals surface area (Å²) >= 11 is 5.61. The van der Waals surface area contributed by atoms with E-state index in [1.54, 1.807) is 38.1 Å². The molecule has 2 rings (SSSR count). The molecule has 29 heavy (non-hydrogen) atoms. The van der Waals surface area contributed by atoms with Gasteiger partial charge in [-0.05, 0) is 43.7 Å². The first-order valence-corrected chi connectivity index (χ1v) is 9.48. The average molecular weight is 427 g/mol. The van der Waals surface area contributed by atoms with Crippen LogP contribution in [0.1, 0.15) is 19.4 Å². The largest absolute Gasteiger partial charge is 0.491 e. The van der Waals surface area contributed by atoms with Gasteiger partial charge in [0.2, 0.25) is 0 Å². The molecule has 158 valence electrons. The summed E-state index contributed by atoms with van der Waals surface area (Å²) < 4.78 is 29.7. The number of hydrogen-bond acceptors (Lipinski definition) is 5. The molecule has 0 amide bonds. The summed E-state index contributed by atoms with van der Waals surface area (Å²) in [6.07, 6.45) is -1.92. The molecule has 0 aliphatic carbocycles.